The van der Waals surface area contributed by atoms with Crippen molar-refractivity contribution in [2.24, 2.45) is 0 Å². The van der Waals surface area contributed by atoms with Gasteiger partial charge in [0, 0.05) is 49.2 Å². The van der Waals surface area contributed by atoms with Gasteiger partial charge in [-0.1, -0.05) is 30.3 Å². The Hall–Kier alpha value is -3.30. The molecule has 0 bridgehead atoms. The van der Waals surface area contributed by atoms with Gasteiger partial charge in [0.05, 0.1) is 25.2 Å². The molecule has 0 spiro atoms. The van der Waals surface area contributed by atoms with E-state index >= 15 is 0 Å². The highest BCUT2D eigenvalue weighted by Crippen LogP contribution is 2.36. The molecule has 1 saturated heterocycles. The Balaban J connectivity index is 1.26. The van der Waals surface area contributed by atoms with Crippen LogP contribution < -0.4 is 15.1 Å². The molecule has 1 N–H and O–H groups in total. The van der Waals surface area contributed by atoms with Crippen LogP contribution in [0.25, 0.3) is 0 Å². The molecule has 2 amide bonds. The molecule has 0 aliphatic carbocycles. The third-order valence-electron chi connectivity index (χ3n) is 6.09. The zero-order valence-corrected chi connectivity index (χ0v) is 19.8. The summed E-state index contributed by atoms with van der Waals surface area (Å²) in [4.78, 5) is 35.3. The fraction of sp³-hybridized carbons (Fsp3) is 0.320. The number of rotatable bonds is 5. The maximum Gasteiger partial charge on any atom is 0.272 e. The summed E-state index contributed by atoms with van der Waals surface area (Å²) in [7, 11) is 1.76. The number of amides is 2. The number of fused-ring (bicyclic) bond motifs is 1. The van der Waals surface area contributed by atoms with E-state index in [1.807, 2.05) is 47.0 Å². The van der Waals surface area contributed by atoms with Crippen molar-refractivity contribution in [2.45, 2.75) is 17.5 Å². The molecule has 3 heterocycles. The predicted molar refractivity (Wildman–Crippen MR) is 133 cm³/mol. The van der Waals surface area contributed by atoms with Crippen LogP contribution in [0.1, 0.15) is 16.1 Å². The number of anilines is 2. The van der Waals surface area contributed by atoms with Crippen LogP contribution >= 0.6 is 11.8 Å². The highest BCUT2D eigenvalue weighted by molar-refractivity contribution is 7.99. The molecule has 3 aromatic rings. The minimum absolute atomic E-state index is 0.137. The van der Waals surface area contributed by atoms with E-state index in [-0.39, 0.29) is 11.8 Å². The van der Waals surface area contributed by atoms with Gasteiger partial charge in [0.2, 0.25) is 5.91 Å². The Kier molecular flexibility index (Phi) is 6.55. The lowest BCUT2D eigenvalue weighted by molar-refractivity contribution is -0.119. The summed E-state index contributed by atoms with van der Waals surface area (Å²) < 4.78 is 7.32. The van der Waals surface area contributed by atoms with E-state index in [2.05, 4.69) is 21.3 Å². The van der Waals surface area contributed by atoms with Crippen LogP contribution in [0.2, 0.25) is 0 Å². The number of nitrogens with one attached hydrogen (secondary N) is 1. The number of carbonyl (C=O) groups excluding carboxylic acids is 2. The van der Waals surface area contributed by atoms with Gasteiger partial charge < -0.3 is 24.4 Å². The van der Waals surface area contributed by atoms with Crippen LogP contribution in [0.15, 0.2) is 66.0 Å². The number of thioether (sulfide) groups is 1. The summed E-state index contributed by atoms with van der Waals surface area (Å²) in [5, 5.41) is 2.89. The summed E-state index contributed by atoms with van der Waals surface area (Å²) in [6.07, 6.45) is 3.35. The van der Waals surface area contributed by atoms with Gasteiger partial charge >= 0.3 is 0 Å². The van der Waals surface area contributed by atoms with Gasteiger partial charge in [0.1, 0.15) is 11.7 Å². The Morgan fingerprint density at radius 2 is 1.97 bits per heavy atom. The van der Waals surface area contributed by atoms with Crippen LogP contribution in [-0.4, -0.2) is 66.5 Å². The first-order valence-corrected chi connectivity index (χ1v) is 12.3. The lowest BCUT2D eigenvalue weighted by atomic mass is 10.2. The normalized spacial score (nSPS) is 18.4. The van der Waals surface area contributed by atoms with E-state index in [4.69, 9.17) is 4.74 Å². The number of carbonyl (C=O) groups is 2. The Labute approximate surface area is 202 Å². The molecule has 5 rings (SSSR count). The van der Waals surface area contributed by atoms with Crippen molar-refractivity contribution in [3.8, 4) is 0 Å². The molecule has 0 saturated carbocycles. The first-order valence-electron chi connectivity index (χ1n) is 11.3. The highest BCUT2D eigenvalue weighted by atomic mass is 32.2. The molecule has 8 nitrogen and oxygen atoms in total. The molecule has 1 atom stereocenters. The summed E-state index contributed by atoms with van der Waals surface area (Å²) >= 11 is 1.59. The summed E-state index contributed by atoms with van der Waals surface area (Å²) in [5.74, 6) is -0.0271. The van der Waals surface area contributed by atoms with Crippen molar-refractivity contribution in [3.63, 3.8) is 0 Å². The maximum absolute atomic E-state index is 13.2. The van der Waals surface area contributed by atoms with Gasteiger partial charge in [-0.25, -0.2) is 4.98 Å². The predicted octanol–water partition coefficient (Wildman–Crippen LogP) is 2.64. The molecule has 0 unspecified atom stereocenters. The zero-order chi connectivity index (χ0) is 23.5. The number of likely N-dealkylation sites (N-methyl/N-ethyl adjacent to an activating group) is 1. The van der Waals surface area contributed by atoms with Crippen molar-refractivity contribution in [3.05, 3.63) is 72.3 Å². The maximum atomic E-state index is 13.2. The van der Waals surface area contributed by atoms with Crippen molar-refractivity contribution in [1.82, 2.24) is 14.9 Å². The highest BCUT2D eigenvalue weighted by Gasteiger charge is 2.31. The second-order valence-electron chi connectivity index (χ2n) is 8.40. The zero-order valence-electron chi connectivity index (χ0n) is 19.0. The summed E-state index contributed by atoms with van der Waals surface area (Å²) in [6, 6.07) is 15.5. The van der Waals surface area contributed by atoms with Crippen LogP contribution in [0.3, 0.4) is 0 Å². The molecule has 2 aliphatic heterocycles. The SMILES string of the molecule is CN1C(=O)[C@@H](NC(=O)c2cn(Cc3ccccc3)cn2)CSc2cc(N3CCOCC3)ccc21. The van der Waals surface area contributed by atoms with E-state index in [0.717, 1.165) is 48.1 Å². The Morgan fingerprint density at radius 1 is 1.18 bits per heavy atom. The number of benzene rings is 2. The number of hydrogen-bond donors (Lipinski definition) is 1. The minimum Gasteiger partial charge on any atom is -0.378 e. The molecule has 1 aromatic heterocycles. The molecule has 34 heavy (non-hydrogen) atoms. The molecular weight excluding hydrogens is 450 g/mol. The summed E-state index contributed by atoms with van der Waals surface area (Å²) in [5.41, 5.74) is 3.41. The number of ether oxygens (including phenoxy) is 1. The van der Waals surface area contributed by atoms with Crippen molar-refractivity contribution < 1.29 is 14.3 Å². The molecule has 1 fully saturated rings. The molecular formula is C25H27N5O3S. The second kappa shape index (κ2) is 9.90. The fourth-order valence-corrected chi connectivity index (χ4v) is 5.33. The third kappa shape index (κ3) is 4.80. The van der Waals surface area contributed by atoms with Gasteiger partial charge in [-0.05, 0) is 23.8 Å². The number of imidazole rings is 1. The number of aromatic nitrogens is 2. The number of nitrogens with zero attached hydrogens (tertiary/aromatic N) is 4. The van der Waals surface area contributed by atoms with Gasteiger partial charge in [0.15, 0.2) is 0 Å². The monoisotopic (exact) mass is 477 g/mol. The van der Waals surface area contributed by atoms with E-state index in [0.29, 0.717) is 18.0 Å². The van der Waals surface area contributed by atoms with E-state index in [1.165, 1.54) is 0 Å². The molecule has 9 heteroatoms. The summed E-state index contributed by atoms with van der Waals surface area (Å²) in [6.45, 7) is 3.78. The molecule has 2 aliphatic rings. The lowest BCUT2D eigenvalue weighted by Gasteiger charge is -2.29. The van der Waals surface area contributed by atoms with Gasteiger partial charge in [-0.15, -0.1) is 11.8 Å². The van der Waals surface area contributed by atoms with Crippen LogP contribution in [0, 0.1) is 0 Å². The van der Waals surface area contributed by atoms with Gasteiger partial charge in [0.25, 0.3) is 5.91 Å². The lowest BCUT2D eigenvalue weighted by Crippen LogP contribution is -2.48. The molecule has 0 radical (unpaired) electrons. The smallest absolute Gasteiger partial charge is 0.272 e. The standard InChI is InChI=1S/C25H27N5O3S/c1-28-22-8-7-19(30-9-11-33-12-10-30)13-23(22)34-16-21(25(28)32)27-24(31)20-15-29(17-26-20)14-18-5-3-2-4-6-18/h2-8,13,15,17,21H,9-12,14,16H2,1H3,(H,27,31)/t21-/m0/s1. The van der Waals surface area contributed by atoms with Crippen LogP contribution in [0.4, 0.5) is 11.4 Å². The van der Waals surface area contributed by atoms with Crippen LogP contribution in [-0.2, 0) is 16.1 Å². The number of morpholine rings is 1. The first kappa shape index (κ1) is 22.5. The number of hydrogen-bond acceptors (Lipinski definition) is 6. The second-order valence-corrected chi connectivity index (χ2v) is 9.46. The van der Waals surface area contributed by atoms with Crippen molar-refractivity contribution in [1.29, 1.82) is 0 Å². The average molecular weight is 478 g/mol. The van der Waals surface area contributed by atoms with E-state index in [1.54, 1.807) is 36.2 Å². The minimum atomic E-state index is -0.638. The van der Waals surface area contributed by atoms with Gasteiger partial charge in [-0.3, -0.25) is 9.59 Å². The van der Waals surface area contributed by atoms with Crippen molar-refractivity contribution >= 4 is 35.0 Å². The largest absolute Gasteiger partial charge is 0.378 e. The quantitative estimate of drug-likeness (QED) is 0.609. The Bertz CT molecular complexity index is 1180. The fourth-order valence-electron chi connectivity index (χ4n) is 4.20. The van der Waals surface area contributed by atoms with E-state index in [9.17, 15) is 9.59 Å². The molecule has 2 aromatic carbocycles. The third-order valence-corrected chi connectivity index (χ3v) is 7.23. The Morgan fingerprint density at radius 3 is 2.76 bits per heavy atom. The average Bonchev–Trinajstić information content (AvgIpc) is 3.31. The van der Waals surface area contributed by atoms with Crippen LogP contribution in [0.5, 0.6) is 0 Å². The van der Waals surface area contributed by atoms with Gasteiger partial charge in [-0.2, -0.15) is 0 Å². The first-order chi connectivity index (χ1) is 16.6. The molecule has 176 valence electrons. The van der Waals surface area contributed by atoms with E-state index < -0.39 is 6.04 Å². The van der Waals surface area contributed by atoms with Crippen molar-refractivity contribution in [2.75, 3.05) is 48.9 Å². The topological polar surface area (TPSA) is 79.7 Å².